The highest BCUT2D eigenvalue weighted by Gasteiger charge is 2.47. The fourth-order valence-corrected chi connectivity index (χ4v) is 5.37. The van der Waals surface area contributed by atoms with Crippen LogP contribution in [0.5, 0.6) is 0 Å². The topological polar surface area (TPSA) is 137 Å². The lowest BCUT2D eigenvalue weighted by Crippen LogP contribution is -2.38. The molecule has 6 rings (SSSR count). The number of fused-ring (bicyclic) bond motifs is 2. The van der Waals surface area contributed by atoms with Gasteiger partial charge in [0.05, 0.1) is 45.5 Å². The average molecular weight is 626 g/mol. The molecule has 5 aromatic rings. The van der Waals surface area contributed by atoms with Crippen LogP contribution in [0.25, 0.3) is 21.7 Å². The van der Waals surface area contributed by atoms with Gasteiger partial charge in [0.25, 0.3) is 5.56 Å². The molecule has 0 aliphatic heterocycles. The number of anilines is 2. The first-order valence-corrected chi connectivity index (χ1v) is 14.6. The molecule has 3 heterocycles. The van der Waals surface area contributed by atoms with Crippen LogP contribution in [-0.4, -0.2) is 37.3 Å². The summed E-state index contributed by atoms with van der Waals surface area (Å²) in [4.78, 5) is 17.3. The van der Waals surface area contributed by atoms with Gasteiger partial charge in [0.2, 0.25) is 0 Å². The minimum absolute atomic E-state index is 0.0357. The Bertz CT molecular complexity index is 2150. The second-order valence-electron chi connectivity index (χ2n) is 12.6. The largest absolute Gasteiger partial charge is 0.395 e. The summed E-state index contributed by atoms with van der Waals surface area (Å²) in [7, 11) is 1.68. The van der Waals surface area contributed by atoms with Gasteiger partial charge in [0, 0.05) is 42.4 Å². The lowest BCUT2D eigenvalue weighted by atomic mass is 9.92. The Morgan fingerprint density at radius 1 is 1.07 bits per heavy atom. The van der Waals surface area contributed by atoms with E-state index in [-0.39, 0.29) is 33.4 Å². The first-order valence-electron chi connectivity index (χ1n) is 14.6. The van der Waals surface area contributed by atoms with Crippen LogP contribution in [0.1, 0.15) is 62.0 Å². The van der Waals surface area contributed by atoms with Gasteiger partial charge < -0.3 is 15.2 Å². The highest BCUT2D eigenvalue weighted by molar-refractivity contribution is 5.99. The molecular formula is C33H30F3N9O. The maximum absolute atomic E-state index is 13.7. The molecule has 1 unspecified atom stereocenters. The monoisotopic (exact) mass is 625 g/mol. The van der Waals surface area contributed by atoms with Gasteiger partial charge in [-0.15, -0.1) is 5.10 Å². The second-order valence-corrected chi connectivity index (χ2v) is 12.6. The summed E-state index contributed by atoms with van der Waals surface area (Å²) in [6.07, 6.45) is 2.22. The fourth-order valence-electron chi connectivity index (χ4n) is 5.37. The number of nitrogens with zero attached hydrogens (tertiary/aromatic N) is 7. The van der Waals surface area contributed by atoms with E-state index in [4.69, 9.17) is 0 Å². The van der Waals surface area contributed by atoms with Crippen molar-refractivity contribution in [2.75, 3.05) is 17.2 Å². The maximum atomic E-state index is 13.7. The standard InChI is InChI=1S/C33H30F3N9O/c1-31(2,33(34,35)36)18-40-28-20(15-38)16-39-27-19(14-37)12-21(13-25(27)28)41-29(26-17-45(43-42-26)32(3)9-10-32)23-6-5-7-24-22(23)8-11-44(4)30(24)46/h5-8,11-13,16-17,29,41H,9-10,18H2,1-4H3,(H,39,40). The number of alkyl halides is 3. The van der Waals surface area contributed by atoms with Gasteiger partial charge in [-0.3, -0.25) is 9.78 Å². The Labute approximate surface area is 262 Å². The Morgan fingerprint density at radius 2 is 1.80 bits per heavy atom. The summed E-state index contributed by atoms with van der Waals surface area (Å²) in [6.45, 7) is 3.71. The van der Waals surface area contributed by atoms with Crippen molar-refractivity contribution in [3.63, 3.8) is 0 Å². The zero-order valence-electron chi connectivity index (χ0n) is 25.6. The number of aryl methyl sites for hydroxylation is 1. The molecule has 0 amide bonds. The van der Waals surface area contributed by atoms with Crippen molar-refractivity contribution in [2.45, 2.75) is 51.4 Å². The van der Waals surface area contributed by atoms with Crippen LogP contribution in [0.4, 0.5) is 24.5 Å². The van der Waals surface area contributed by atoms with Crippen molar-refractivity contribution in [1.29, 1.82) is 10.5 Å². The van der Waals surface area contributed by atoms with E-state index in [0.717, 1.165) is 32.3 Å². The van der Waals surface area contributed by atoms with Crippen molar-refractivity contribution in [3.8, 4) is 12.1 Å². The molecule has 1 fully saturated rings. The van der Waals surface area contributed by atoms with Crippen LogP contribution in [-0.2, 0) is 12.6 Å². The number of hydrogen-bond donors (Lipinski definition) is 2. The number of pyridine rings is 2. The molecule has 10 nitrogen and oxygen atoms in total. The third-order valence-corrected chi connectivity index (χ3v) is 8.80. The predicted molar refractivity (Wildman–Crippen MR) is 167 cm³/mol. The van der Waals surface area contributed by atoms with Gasteiger partial charge in [-0.25, -0.2) is 4.68 Å². The van der Waals surface area contributed by atoms with Gasteiger partial charge in [0.1, 0.15) is 17.8 Å². The molecule has 2 N–H and O–H groups in total. The Morgan fingerprint density at radius 3 is 2.48 bits per heavy atom. The van der Waals surface area contributed by atoms with Gasteiger partial charge in [0.15, 0.2) is 0 Å². The third-order valence-electron chi connectivity index (χ3n) is 8.80. The molecule has 0 spiro atoms. The van der Waals surface area contributed by atoms with E-state index < -0.39 is 24.2 Å². The lowest BCUT2D eigenvalue weighted by molar-refractivity contribution is -0.206. The molecule has 3 aromatic heterocycles. The molecule has 234 valence electrons. The van der Waals surface area contributed by atoms with Crippen molar-refractivity contribution in [3.05, 3.63) is 87.7 Å². The van der Waals surface area contributed by atoms with Gasteiger partial charge in [-0.1, -0.05) is 17.3 Å². The van der Waals surface area contributed by atoms with Crippen LogP contribution >= 0.6 is 0 Å². The van der Waals surface area contributed by atoms with Crippen LogP contribution in [0.15, 0.2) is 59.8 Å². The van der Waals surface area contributed by atoms with E-state index in [0.29, 0.717) is 27.5 Å². The first-order chi connectivity index (χ1) is 21.8. The van der Waals surface area contributed by atoms with Crippen molar-refractivity contribution < 1.29 is 13.2 Å². The summed E-state index contributed by atoms with van der Waals surface area (Å²) in [5.41, 5.74) is -0.120. The van der Waals surface area contributed by atoms with Crippen LogP contribution in [0.3, 0.4) is 0 Å². The van der Waals surface area contributed by atoms with E-state index in [1.54, 1.807) is 37.5 Å². The molecule has 1 aliphatic carbocycles. The van der Waals surface area contributed by atoms with Crippen LogP contribution < -0.4 is 16.2 Å². The van der Waals surface area contributed by atoms with Crippen LogP contribution in [0, 0.1) is 28.1 Å². The van der Waals surface area contributed by atoms with Gasteiger partial charge in [-0.05, 0) is 68.8 Å². The molecule has 1 atom stereocenters. The van der Waals surface area contributed by atoms with Crippen molar-refractivity contribution in [1.82, 2.24) is 24.5 Å². The molecule has 13 heteroatoms. The van der Waals surface area contributed by atoms with E-state index >= 15 is 0 Å². The molecule has 1 aliphatic rings. The highest BCUT2D eigenvalue weighted by Crippen LogP contribution is 2.43. The number of aromatic nitrogens is 5. The smallest absolute Gasteiger partial charge is 0.382 e. The number of rotatable bonds is 8. The van der Waals surface area contributed by atoms with Crippen molar-refractivity contribution in [2.24, 2.45) is 12.5 Å². The van der Waals surface area contributed by atoms with Crippen molar-refractivity contribution >= 4 is 33.1 Å². The Balaban J connectivity index is 1.51. The van der Waals surface area contributed by atoms with E-state index in [1.165, 1.54) is 10.8 Å². The maximum Gasteiger partial charge on any atom is 0.395 e. The molecule has 46 heavy (non-hydrogen) atoms. The molecular weight excluding hydrogens is 595 g/mol. The van der Waals surface area contributed by atoms with E-state index in [1.807, 2.05) is 29.1 Å². The summed E-state index contributed by atoms with van der Waals surface area (Å²) in [5.74, 6) is 0. The summed E-state index contributed by atoms with van der Waals surface area (Å²) in [5, 5.41) is 36.6. The number of hydrogen-bond acceptors (Lipinski definition) is 8. The summed E-state index contributed by atoms with van der Waals surface area (Å²) < 4.78 is 44.5. The minimum atomic E-state index is -4.50. The van der Waals surface area contributed by atoms with E-state index in [2.05, 4.69) is 38.9 Å². The molecule has 0 saturated heterocycles. The first kappa shape index (κ1) is 30.6. The normalized spacial score (nSPS) is 14.9. The lowest BCUT2D eigenvalue weighted by Gasteiger charge is -2.28. The highest BCUT2D eigenvalue weighted by atomic mass is 19.4. The number of halogens is 3. The average Bonchev–Trinajstić information content (AvgIpc) is 3.57. The minimum Gasteiger partial charge on any atom is -0.382 e. The molecule has 1 saturated carbocycles. The number of nitriles is 2. The summed E-state index contributed by atoms with van der Waals surface area (Å²) >= 11 is 0. The van der Waals surface area contributed by atoms with Gasteiger partial charge >= 0.3 is 6.18 Å². The number of benzene rings is 2. The third kappa shape index (κ3) is 5.28. The van der Waals surface area contributed by atoms with E-state index in [9.17, 15) is 28.5 Å². The summed E-state index contributed by atoms with van der Waals surface area (Å²) in [6, 6.07) is 14.0. The molecule has 0 radical (unpaired) electrons. The zero-order chi connectivity index (χ0) is 33.0. The Hall–Kier alpha value is -5.43. The molecule has 2 aromatic carbocycles. The SMILES string of the molecule is Cn1ccc2c(C(Nc3cc(C#N)c4ncc(C#N)c(NCC(C)(C)C(F)(F)F)c4c3)c3cn(C4(C)CC4)nn3)cccc2c1=O. The Kier molecular flexibility index (Phi) is 7.23. The second kappa shape index (κ2) is 10.9. The zero-order valence-corrected chi connectivity index (χ0v) is 25.6. The van der Waals surface area contributed by atoms with Crippen LogP contribution in [0.2, 0.25) is 0 Å². The predicted octanol–water partition coefficient (Wildman–Crippen LogP) is 6.13. The number of nitrogens with one attached hydrogen (secondary N) is 2. The molecule has 0 bridgehead atoms. The van der Waals surface area contributed by atoms with Gasteiger partial charge in [-0.2, -0.15) is 23.7 Å². The quantitative estimate of drug-likeness (QED) is 0.210. The fraction of sp³-hybridized carbons (Fsp3) is 0.333.